The van der Waals surface area contributed by atoms with E-state index in [4.69, 9.17) is 0 Å². The van der Waals surface area contributed by atoms with Crippen molar-refractivity contribution < 1.29 is 9.59 Å². The third-order valence-electron chi connectivity index (χ3n) is 3.66. The molecule has 2 amide bonds. The maximum atomic E-state index is 11.7. The van der Waals surface area contributed by atoms with Crippen LogP contribution in [-0.4, -0.2) is 19.9 Å². The number of hydrogen-bond donors (Lipinski definition) is 1. The molecule has 1 aliphatic rings. The van der Waals surface area contributed by atoms with Crippen LogP contribution in [0.15, 0.2) is 24.3 Å². The van der Waals surface area contributed by atoms with E-state index in [1.54, 1.807) is 0 Å². The molecule has 1 N–H and O–H groups in total. The van der Waals surface area contributed by atoms with Gasteiger partial charge < -0.3 is 0 Å². The Morgan fingerprint density at radius 1 is 1.16 bits per heavy atom. The van der Waals surface area contributed by atoms with E-state index in [-0.39, 0.29) is 17.7 Å². The number of imide groups is 1. The normalized spacial score (nSPS) is 20.3. The predicted octanol–water partition coefficient (Wildman–Crippen LogP) is 1.83. The van der Waals surface area contributed by atoms with Crippen molar-refractivity contribution in [3.05, 3.63) is 29.8 Å². The molecule has 1 saturated heterocycles. The van der Waals surface area contributed by atoms with Gasteiger partial charge in [-0.3, -0.25) is 14.9 Å². The van der Waals surface area contributed by atoms with Gasteiger partial charge in [0.25, 0.3) is 0 Å². The molecule has 102 valence electrons. The van der Waals surface area contributed by atoms with E-state index in [2.05, 4.69) is 49.2 Å². The average molecular weight is 275 g/mol. The Morgan fingerprint density at radius 3 is 2.32 bits per heavy atom. The van der Waals surface area contributed by atoms with E-state index in [9.17, 15) is 9.59 Å². The van der Waals surface area contributed by atoms with Crippen molar-refractivity contribution in [2.45, 2.75) is 38.9 Å². The summed E-state index contributed by atoms with van der Waals surface area (Å²) in [5.74, 6) is -0.323. The Balaban J connectivity index is 2.04. The van der Waals surface area contributed by atoms with E-state index >= 15 is 0 Å². The van der Waals surface area contributed by atoms with Crippen LogP contribution in [0.25, 0.3) is 0 Å². The quantitative estimate of drug-likeness (QED) is 0.676. The second kappa shape index (κ2) is 5.29. The summed E-state index contributed by atoms with van der Waals surface area (Å²) in [6.45, 7) is 6.96. The van der Waals surface area contributed by atoms with E-state index in [0.29, 0.717) is 12.8 Å². The van der Waals surface area contributed by atoms with Crippen molar-refractivity contribution in [3.63, 3.8) is 0 Å². The maximum Gasteiger partial charge on any atom is 0.230 e. The molecule has 19 heavy (non-hydrogen) atoms. The lowest BCUT2D eigenvalue weighted by molar-refractivity contribution is -0.136. The van der Waals surface area contributed by atoms with Crippen molar-refractivity contribution in [2.24, 2.45) is 5.92 Å². The summed E-state index contributed by atoms with van der Waals surface area (Å²) in [7, 11) is -1.26. The summed E-state index contributed by atoms with van der Waals surface area (Å²) in [4.78, 5) is 22.8. The van der Waals surface area contributed by atoms with Crippen molar-refractivity contribution in [2.75, 3.05) is 0 Å². The van der Waals surface area contributed by atoms with Crippen LogP contribution in [0.3, 0.4) is 0 Å². The first-order chi connectivity index (χ1) is 8.86. The van der Waals surface area contributed by atoms with Crippen LogP contribution in [0.5, 0.6) is 0 Å². The summed E-state index contributed by atoms with van der Waals surface area (Å²) in [6, 6.07) is 8.62. The van der Waals surface area contributed by atoms with Gasteiger partial charge in [0, 0.05) is 12.3 Å². The zero-order chi connectivity index (χ0) is 14.0. The number of nitrogens with one attached hydrogen (secondary N) is 1. The van der Waals surface area contributed by atoms with Gasteiger partial charge in [0.15, 0.2) is 0 Å². The lowest BCUT2D eigenvalue weighted by atomic mass is 9.91. The molecule has 1 heterocycles. The average Bonchev–Trinajstić information content (AvgIpc) is 2.32. The zero-order valence-electron chi connectivity index (χ0n) is 11.8. The molecule has 4 heteroatoms. The number of piperidine rings is 1. The Morgan fingerprint density at radius 2 is 1.79 bits per heavy atom. The Labute approximate surface area is 115 Å². The Kier molecular flexibility index (Phi) is 3.90. The molecule has 0 aromatic heterocycles. The lowest BCUT2D eigenvalue weighted by Gasteiger charge is -2.21. The lowest BCUT2D eigenvalue weighted by Crippen LogP contribution is -2.41. The first kappa shape index (κ1) is 14.0. The number of carbonyl (C=O) groups is 2. The molecular weight excluding hydrogens is 254 g/mol. The van der Waals surface area contributed by atoms with Gasteiger partial charge in [-0.2, -0.15) is 0 Å². The molecule has 0 bridgehead atoms. The molecule has 1 aromatic carbocycles. The molecule has 1 fully saturated rings. The molecule has 1 aliphatic heterocycles. The van der Waals surface area contributed by atoms with Crippen molar-refractivity contribution >= 4 is 25.1 Å². The number of amides is 2. The standard InChI is InChI=1S/C15H21NO2Si/c1-19(2,3)13-7-4-11(5-8-13)10-12-6-9-14(17)16-15(12)18/h4-5,7-8,12H,6,9-10H2,1-3H3,(H,16,17,18). The van der Waals surface area contributed by atoms with E-state index < -0.39 is 8.07 Å². The molecule has 0 radical (unpaired) electrons. The number of carbonyl (C=O) groups excluding carboxylic acids is 2. The zero-order valence-corrected chi connectivity index (χ0v) is 12.8. The van der Waals surface area contributed by atoms with Crippen LogP contribution in [0.1, 0.15) is 18.4 Å². The molecule has 0 aliphatic carbocycles. The second-order valence-electron chi connectivity index (χ2n) is 6.30. The van der Waals surface area contributed by atoms with Gasteiger partial charge in [0.1, 0.15) is 0 Å². The van der Waals surface area contributed by atoms with Crippen LogP contribution in [0.4, 0.5) is 0 Å². The fourth-order valence-corrected chi connectivity index (χ4v) is 3.53. The number of hydrogen-bond acceptors (Lipinski definition) is 2. The first-order valence-corrected chi connectivity index (χ1v) is 10.3. The minimum absolute atomic E-state index is 0.0598. The van der Waals surface area contributed by atoms with E-state index in [1.165, 1.54) is 10.8 Å². The van der Waals surface area contributed by atoms with Gasteiger partial charge >= 0.3 is 0 Å². The minimum atomic E-state index is -1.26. The monoisotopic (exact) mass is 275 g/mol. The minimum Gasteiger partial charge on any atom is -0.296 e. The molecular formula is C15H21NO2Si. The SMILES string of the molecule is C[Si](C)(C)c1ccc(CC2CCC(=O)NC2=O)cc1. The third kappa shape index (κ3) is 3.53. The largest absolute Gasteiger partial charge is 0.296 e. The molecule has 2 rings (SSSR count). The number of benzene rings is 1. The third-order valence-corrected chi connectivity index (χ3v) is 5.72. The van der Waals surface area contributed by atoms with E-state index in [1.807, 2.05) is 0 Å². The van der Waals surface area contributed by atoms with Crippen LogP contribution in [-0.2, 0) is 16.0 Å². The van der Waals surface area contributed by atoms with Crippen molar-refractivity contribution in [1.29, 1.82) is 0 Å². The Hall–Kier alpha value is -1.42. The molecule has 0 spiro atoms. The van der Waals surface area contributed by atoms with Crippen LogP contribution >= 0.6 is 0 Å². The van der Waals surface area contributed by atoms with Gasteiger partial charge in [-0.05, 0) is 18.4 Å². The fourth-order valence-electron chi connectivity index (χ4n) is 2.36. The van der Waals surface area contributed by atoms with Crippen molar-refractivity contribution in [3.8, 4) is 0 Å². The van der Waals surface area contributed by atoms with Crippen molar-refractivity contribution in [1.82, 2.24) is 5.32 Å². The molecule has 3 nitrogen and oxygen atoms in total. The van der Waals surface area contributed by atoms with Crippen LogP contribution < -0.4 is 10.5 Å². The summed E-state index contributed by atoms with van der Waals surface area (Å²) < 4.78 is 0. The fraction of sp³-hybridized carbons (Fsp3) is 0.467. The molecule has 1 aromatic rings. The highest BCUT2D eigenvalue weighted by atomic mass is 28.3. The smallest absolute Gasteiger partial charge is 0.230 e. The summed E-state index contributed by atoms with van der Waals surface area (Å²) in [5, 5.41) is 3.84. The Bertz CT molecular complexity index is 488. The summed E-state index contributed by atoms with van der Waals surface area (Å²) in [5.41, 5.74) is 1.18. The van der Waals surface area contributed by atoms with Gasteiger partial charge in [0.2, 0.25) is 11.8 Å². The molecule has 1 unspecified atom stereocenters. The van der Waals surface area contributed by atoms with Crippen LogP contribution in [0, 0.1) is 5.92 Å². The topological polar surface area (TPSA) is 46.2 Å². The maximum absolute atomic E-state index is 11.7. The summed E-state index contributed by atoms with van der Waals surface area (Å²) >= 11 is 0. The van der Waals surface area contributed by atoms with Gasteiger partial charge in [-0.25, -0.2) is 0 Å². The highest BCUT2D eigenvalue weighted by Gasteiger charge is 2.26. The van der Waals surface area contributed by atoms with Gasteiger partial charge in [0.05, 0.1) is 8.07 Å². The highest BCUT2D eigenvalue weighted by molar-refractivity contribution is 6.88. The van der Waals surface area contributed by atoms with Crippen LogP contribution in [0.2, 0.25) is 19.6 Å². The predicted molar refractivity (Wildman–Crippen MR) is 79.0 cm³/mol. The van der Waals surface area contributed by atoms with Gasteiger partial charge in [-0.15, -0.1) is 0 Å². The highest BCUT2D eigenvalue weighted by Crippen LogP contribution is 2.18. The first-order valence-electron chi connectivity index (χ1n) is 6.79. The van der Waals surface area contributed by atoms with E-state index in [0.717, 1.165) is 6.42 Å². The van der Waals surface area contributed by atoms with Gasteiger partial charge in [-0.1, -0.05) is 49.1 Å². The number of rotatable bonds is 3. The molecule has 0 saturated carbocycles. The second-order valence-corrected chi connectivity index (χ2v) is 11.4. The summed E-state index contributed by atoms with van der Waals surface area (Å²) in [6.07, 6.45) is 1.86. The molecule has 1 atom stereocenters.